The molecule has 0 spiro atoms. The standard InChI is InChI=1S/C20H16N4O5/c1-2-29-20(28)15-16-18(23-13-6-4-3-5-12(13)22-16)24(17(15)21)10-7-8-11(19(26)27)14(25)9-10/h3-9,25H,2,21H2,1H3,(H,26,27). The Morgan fingerprint density at radius 2 is 1.83 bits per heavy atom. The second kappa shape index (κ2) is 6.79. The summed E-state index contributed by atoms with van der Waals surface area (Å²) in [5, 5.41) is 19.2. The second-order valence-corrected chi connectivity index (χ2v) is 6.21. The first-order valence-electron chi connectivity index (χ1n) is 8.72. The molecular formula is C20H16N4O5. The summed E-state index contributed by atoms with van der Waals surface area (Å²) in [5.74, 6) is -2.33. The molecule has 2 aromatic carbocycles. The number of aromatic hydroxyl groups is 1. The van der Waals surface area contributed by atoms with Gasteiger partial charge in [0.05, 0.1) is 23.3 Å². The molecule has 4 aromatic rings. The number of rotatable bonds is 4. The lowest BCUT2D eigenvalue weighted by molar-refractivity contribution is 0.0529. The summed E-state index contributed by atoms with van der Waals surface area (Å²) in [6.45, 7) is 1.83. The maximum atomic E-state index is 12.6. The maximum absolute atomic E-state index is 12.6. The van der Waals surface area contributed by atoms with Gasteiger partial charge in [-0.2, -0.15) is 0 Å². The number of aromatic nitrogens is 3. The predicted molar refractivity (Wildman–Crippen MR) is 105 cm³/mol. The van der Waals surface area contributed by atoms with E-state index in [0.717, 1.165) is 0 Å². The molecule has 146 valence electrons. The van der Waals surface area contributed by atoms with Crippen LogP contribution in [0.3, 0.4) is 0 Å². The van der Waals surface area contributed by atoms with Crippen molar-refractivity contribution in [2.45, 2.75) is 6.92 Å². The van der Waals surface area contributed by atoms with Crippen molar-refractivity contribution in [1.29, 1.82) is 0 Å². The molecule has 0 bridgehead atoms. The topological polar surface area (TPSA) is 141 Å². The molecule has 0 radical (unpaired) electrons. The molecule has 0 aliphatic heterocycles. The number of esters is 1. The lowest BCUT2D eigenvalue weighted by atomic mass is 10.2. The van der Waals surface area contributed by atoms with E-state index in [1.807, 2.05) is 0 Å². The maximum Gasteiger partial charge on any atom is 0.344 e. The first kappa shape index (κ1) is 18.2. The van der Waals surface area contributed by atoms with E-state index in [1.165, 1.54) is 22.8 Å². The van der Waals surface area contributed by atoms with Crippen molar-refractivity contribution in [3.8, 4) is 11.4 Å². The van der Waals surface area contributed by atoms with Crippen LogP contribution in [0.15, 0.2) is 42.5 Å². The first-order chi connectivity index (χ1) is 13.9. The van der Waals surface area contributed by atoms with Crippen LogP contribution >= 0.6 is 0 Å². The number of carboxylic acids is 1. The zero-order chi connectivity index (χ0) is 20.7. The summed E-state index contributed by atoms with van der Waals surface area (Å²) >= 11 is 0. The van der Waals surface area contributed by atoms with E-state index < -0.39 is 17.7 Å². The summed E-state index contributed by atoms with van der Waals surface area (Å²) in [7, 11) is 0. The number of aromatic carboxylic acids is 1. The van der Waals surface area contributed by atoms with Gasteiger partial charge in [0.15, 0.2) is 5.65 Å². The van der Waals surface area contributed by atoms with Crippen molar-refractivity contribution in [2.24, 2.45) is 0 Å². The lowest BCUT2D eigenvalue weighted by Gasteiger charge is -2.09. The Kier molecular flexibility index (Phi) is 4.27. The van der Waals surface area contributed by atoms with E-state index >= 15 is 0 Å². The third-order valence-electron chi connectivity index (χ3n) is 4.45. The van der Waals surface area contributed by atoms with Crippen molar-refractivity contribution >= 4 is 40.0 Å². The molecule has 29 heavy (non-hydrogen) atoms. The fourth-order valence-corrected chi connectivity index (χ4v) is 3.17. The van der Waals surface area contributed by atoms with Crippen LogP contribution in [0.2, 0.25) is 0 Å². The summed E-state index contributed by atoms with van der Waals surface area (Å²) in [6, 6.07) is 11.1. The first-order valence-corrected chi connectivity index (χ1v) is 8.72. The van der Waals surface area contributed by atoms with Crippen molar-refractivity contribution in [2.75, 3.05) is 12.3 Å². The highest BCUT2D eigenvalue weighted by molar-refractivity contribution is 6.09. The highest BCUT2D eigenvalue weighted by Crippen LogP contribution is 2.33. The molecule has 4 rings (SSSR count). The van der Waals surface area contributed by atoms with E-state index in [9.17, 15) is 14.7 Å². The van der Waals surface area contributed by atoms with E-state index in [4.69, 9.17) is 15.6 Å². The SMILES string of the molecule is CCOC(=O)c1c(N)n(-c2ccc(C(=O)O)c(O)c2)c2nc3ccccc3nc12. The predicted octanol–water partition coefficient (Wildman–Crippen LogP) is 2.74. The molecule has 0 atom stereocenters. The van der Waals surface area contributed by atoms with Crippen molar-refractivity contribution in [1.82, 2.24) is 14.5 Å². The van der Waals surface area contributed by atoms with Crippen LogP contribution in [0.4, 0.5) is 5.82 Å². The van der Waals surface area contributed by atoms with Gasteiger partial charge in [-0.3, -0.25) is 4.57 Å². The number of hydrogen-bond acceptors (Lipinski definition) is 7. The molecule has 0 amide bonds. The quantitative estimate of drug-likeness (QED) is 0.450. The van der Waals surface area contributed by atoms with Gasteiger partial charge in [-0.15, -0.1) is 0 Å². The molecule has 9 nitrogen and oxygen atoms in total. The summed E-state index contributed by atoms with van der Waals surface area (Å²) < 4.78 is 6.56. The average Bonchev–Trinajstić information content (AvgIpc) is 2.96. The molecule has 0 unspecified atom stereocenters. The molecule has 0 saturated heterocycles. The number of ether oxygens (including phenoxy) is 1. The van der Waals surface area contributed by atoms with Gasteiger partial charge < -0.3 is 20.7 Å². The monoisotopic (exact) mass is 392 g/mol. The number of nitrogens with zero attached hydrogens (tertiary/aromatic N) is 3. The Bertz CT molecular complexity index is 1300. The van der Waals surface area contributed by atoms with Crippen LogP contribution in [-0.2, 0) is 4.74 Å². The van der Waals surface area contributed by atoms with Gasteiger partial charge in [0.2, 0.25) is 0 Å². The molecule has 2 heterocycles. The number of carbonyl (C=O) groups is 2. The fraction of sp³-hybridized carbons (Fsp3) is 0.100. The average molecular weight is 392 g/mol. The Morgan fingerprint density at radius 3 is 2.45 bits per heavy atom. The number of carboxylic acid groups (broad SMARTS) is 1. The van der Waals surface area contributed by atoms with Gasteiger partial charge in [0.25, 0.3) is 0 Å². The largest absolute Gasteiger partial charge is 0.507 e. The van der Waals surface area contributed by atoms with E-state index in [-0.39, 0.29) is 34.7 Å². The number of phenols is 1. The van der Waals surface area contributed by atoms with Gasteiger partial charge in [-0.1, -0.05) is 12.1 Å². The Morgan fingerprint density at radius 1 is 1.14 bits per heavy atom. The summed E-state index contributed by atoms with van der Waals surface area (Å²) in [5.41, 5.74) is 8.10. The fourth-order valence-electron chi connectivity index (χ4n) is 3.17. The Balaban J connectivity index is 2.06. The van der Waals surface area contributed by atoms with Crippen LogP contribution in [0.25, 0.3) is 27.9 Å². The molecule has 4 N–H and O–H groups in total. The molecular weight excluding hydrogens is 376 g/mol. The van der Waals surface area contributed by atoms with Crippen molar-refractivity contribution in [3.05, 3.63) is 53.6 Å². The third kappa shape index (κ3) is 2.89. The Labute approximate surface area is 164 Å². The highest BCUT2D eigenvalue weighted by atomic mass is 16.5. The summed E-state index contributed by atoms with van der Waals surface area (Å²) in [4.78, 5) is 32.9. The van der Waals surface area contributed by atoms with Gasteiger partial charge in [-0.25, -0.2) is 19.6 Å². The molecule has 2 aromatic heterocycles. The van der Waals surface area contributed by atoms with Crippen LogP contribution in [-0.4, -0.2) is 43.3 Å². The minimum absolute atomic E-state index is 0.0243. The molecule has 0 fully saturated rings. The van der Waals surface area contributed by atoms with Crippen LogP contribution < -0.4 is 5.73 Å². The second-order valence-electron chi connectivity index (χ2n) is 6.21. The number of para-hydroxylation sites is 2. The van der Waals surface area contributed by atoms with Crippen molar-refractivity contribution in [3.63, 3.8) is 0 Å². The molecule has 0 saturated carbocycles. The van der Waals surface area contributed by atoms with Crippen LogP contribution in [0, 0.1) is 0 Å². The van der Waals surface area contributed by atoms with E-state index in [1.54, 1.807) is 31.2 Å². The molecule has 0 aliphatic carbocycles. The lowest BCUT2D eigenvalue weighted by Crippen LogP contribution is -2.09. The number of hydrogen-bond donors (Lipinski definition) is 3. The number of anilines is 1. The number of fused-ring (bicyclic) bond motifs is 2. The van der Waals surface area contributed by atoms with Gasteiger partial charge in [-0.05, 0) is 31.2 Å². The molecule has 0 aliphatic rings. The Hall–Kier alpha value is -4.14. The van der Waals surface area contributed by atoms with Crippen molar-refractivity contribution < 1.29 is 24.5 Å². The number of carbonyl (C=O) groups excluding carboxylic acids is 1. The normalized spacial score (nSPS) is 11.1. The number of benzene rings is 2. The zero-order valence-electron chi connectivity index (χ0n) is 15.3. The third-order valence-corrected chi connectivity index (χ3v) is 4.45. The van der Waals surface area contributed by atoms with Crippen LogP contribution in [0.5, 0.6) is 5.75 Å². The minimum atomic E-state index is -1.27. The highest BCUT2D eigenvalue weighted by Gasteiger charge is 2.26. The summed E-state index contributed by atoms with van der Waals surface area (Å²) in [6.07, 6.45) is 0. The minimum Gasteiger partial charge on any atom is -0.507 e. The van der Waals surface area contributed by atoms with E-state index in [0.29, 0.717) is 16.7 Å². The van der Waals surface area contributed by atoms with Gasteiger partial charge >= 0.3 is 11.9 Å². The zero-order valence-corrected chi connectivity index (χ0v) is 15.3. The molecule has 9 heteroatoms. The number of nitrogen functional groups attached to an aromatic ring is 1. The number of nitrogens with two attached hydrogens (primary N) is 1. The van der Waals surface area contributed by atoms with Gasteiger partial charge in [0, 0.05) is 6.07 Å². The van der Waals surface area contributed by atoms with Crippen LogP contribution in [0.1, 0.15) is 27.6 Å². The van der Waals surface area contributed by atoms with E-state index in [2.05, 4.69) is 9.97 Å². The smallest absolute Gasteiger partial charge is 0.344 e. The van der Waals surface area contributed by atoms with Gasteiger partial charge in [0.1, 0.15) is 28.2 Å².